The maximum atomic E-state index is 14.1. The van der Waals surface area contributed by atoms with E-state index in [0.29, 0.717) is 34.3 Å². The van der Waals surface area contributed by atoms with Gasteiger partial charge in [0, 0.05) is 34.8 Å². The number of hydrogen-bond donors (Lipinski definition) is 1. The standard InChI is InChI=1S/C30H35Cl2N3O6S/c1-6-16-33-30(37)21(3)34(18-24-25(31)8-7-9-26(24)32)29(36)19-35(22-12-10-20(2)11-13-22)42(38,39)23-14-15-27(40-4)28(17-23)41-5/h7-15,17,21H,6,16,18-19H2,1-5H3,(H,33,37). The van der Waals surface area contributed by atoms with Crippen molar-refractivity contribution >= 4 is 50.7 Å². The Balaban J connectivity index is 2.09. The minimum Gasteiger partial charge on any atom is -0.493 e. The quantitative estimate of drug-likeness (QED) is 0.267. The van der Waals surface area contributed by atoms with Gasteiger partial charge in [0.2, 0.25) is 11.8 Å². The summed E-state index contributed by atoms with van der Waals surface area (Å²) < 4.78 is 39.8. The smallest absolute Gasteiger partial charge is 0.264 e. The first-order valence-corrected chi connectivity index (χ1v) is 15.5. The van der Waals surface area contributed by atoms with Gasteiger partial charge in [-0.1, -0.05) is 53.9 Å². The van der Waals surface area contributed by atoms with Crippen molar-refractivity contribution in [1.29, 1.82) is 0 Å². The summed E-state index contributed by atoms with van der Waals surface area (Å²) in [7, 11) is -1.46. The Morgan fingerprint density at radius 3 is 2.14 bits per heavy atom. The molecule has 3 rings (SSSR count). The normalized spacial score (nSPS) is 11.9. The third kappa shape index (κ3) is 7.67. The molecule has 1 N–H and O–H groups in total. The van der Waals surface area contributed by atoms with Gasteiger partial charge in [-0.05, 0) is 56.7 Å². The zero-order valence-corrected chi connectivity index (χ0v) is 26.5. The topological polar surface area (TPSA) is 105 Å². The van der Waals surface area contributed by atoms with Gasteiger partial charge in [0.1, 0.15) is 12.6 Å². The Hall–Kier alpha value is -3.47. The number of anilines is 1. The van der Waals surface area contributed by atoms with Crippen LogP contribution in [-0.4, -0.2) is 58.5 Å². The molecular weight excluding hydrogens is 601 g/mol. The molecule has 0 saturated heterocycles. The minimum atomic E-state index is -4.30. The predicted molar refractivity (Wildman–Crippen MR) is 165 cm³/mol. The van der Waals surface area contributed by atoms with Crippen LogP contribution in [-0.2, 0) is 26.2 Å². The molecule has 0 bridgehead atoms. The summed E-state index contributed by atoms with van der Waals surface area (Å²) in [5.74, 6) is -0.457. The van der Waals surface area contributed by atoms with Crippen molar-refractivity contribution in [2.45, 2.75) is 44.7 Å². The summed E-state index contributed by atoms with van der Waals surface area (Å²) >= 11 is 12.8. The number of ether oxygens (including phenoxy) is 2. The molecule has 0 aromatic heterocycles. The summed E-state index contributed by atoms with van der Waals surface area (Å²) in [6.45, 7) is 5.06. The fourth-order valence-corrected chi connectivity index (χ4v) is 6.12. The van der Waals surface area contributed by atoms with E-state index in [9.17, 15) is 18.0 Å². The number of aryl methyl sites for hydroxylation is 1. The van der Waals surface area contributed by atoms with Gasteiger partial charge in [0.15, 0.2) is 11.5 Å². The van der Waals surface area contributed by atoms with Gasteiger partial charge in [-0.2, -0.15) is 0 Å². The summed E-state index contributed by atoms with van der Waals surface area (Å²) in [6.07, 6.45) is 0.702. The SMILES string of the molecule is CCCNC(=O)C(C)N(Cc1c(Cl)cccc1Cl)C(=O)CN(c1ccc(C)cc1)S(=O)(=O)c1ccc(OC)c(OC)c1. The number of carbonyl (C=O) groups excluding carboxylic acids is 2. The van der Waals surface area contributed by atoms with Crippen LogP contribution < -0.4 is 19.1 Å². The lowest BCUT2D eigenvalue weighted by Crippen LogP contribution is -2.51. The third-order valence-corrected chi connectivity index (χ3v) is 9.13. The van der Waals surface area contributed by atoms with Crippen molar-refractivity contribution in [1.82, 2.24) is 10.2 Å². The Morgan fingerprint density at radius 1 is 0.952 bits per heavy atom. The second kappa shape index (κ2) is 14.6. The van der Waals surface area contributed by atoms with E-state index in [-0.39, 0.29) is 22.9 Å². The lowest BCUT2D eigenvalue weighted by molar-refractivity contribution is -0.139. The Labute approximate surface area is 257 Å². The van der Waals surface area contributed by atoms with Crippen LogP contribution in [0.4, 0.5) is 5.69 Å². The van der Waals surface area contributed by atoms with Gasteiger partial charge in [-0.3, -0.25) is 13.9 Å². The van der Waals surface area contributed by atoms with E-state index in [2.05, 4.69) is 5.32 Å². The molecule has 9 nitrogen and oxygen atoms in total. The van der Waals surface area contributed by atoms with Crippen molar-refractivity contribution in [3.8, 4) is 11.5 Å². The first-order chi connectivity index (χ1) is 19.9. The molecule has 42 heavy (non-hydrogen) atoms. The van der Waals surface area contributed by atoms with Crippen LogP contribution in [0.15, 0.2) is 65.6 Å². The van der Waals surface area contributed by atoms with Gasteiger partial charge in [-0.15, -0.1) is 0 Å². The molecule has 0 aliphatic rings. The lowest BCUT2D eigenvalue weighted by atomic mass is 10.1. The number of hydrogen-bond acceptors (Lipinski definition) is 6. The summed E-state index contributed by atoms with van der Waals surface area (Å²) in [5.41, 5.74) is 1.61. The van der Waals surface area contributed by atoms with Crippen LogP contribution in [0.2, 0.25) is 10.0 Å². The Bertz CT molecular complexity index is 1500. The Morgan fingerprint density at radius 2 is 1.57 bits per heavy atom. The van der Waals surface area contributed by atoms with Crippen LogP contribution in [0.25, 0.3) is 0 Å². The number of amides is 2. The van der Waals surface area contributed by atoms with Crippen molar-refractivity contribution < 1.29 is 27.5 Å². The average Bonchev–Trinajstić information content (AvgIpc) is 2.98. The molecule has 3 aromatic carbocycles. The number of halogens is 2. The van der Waals surface area contributed by atoms with Crippen molar-refractivity contribution in [3.05, 3.63) is 81.8 Å². The average molecular weight is 637 g/mol. The highest BCUT2D eigenvalue weighted by Gasteiger charge is 2.33. The van der Waals surface area contributed by atoms with Gasteiger partial charge < -0.3 is 19.7 Å². The molecule has 0 saturated carbocycles. The summed E-state index contributed by atoms with van der Waals surface area (Å²) in [4.78, 5) is 28.2. The number of methoxy groups -OCH3 is 2. The highest BCUT2D eigenvalue weighted by Crippen LogP contribution is 2.33. The number of benzene rings is 3. The zero-order chi connectivity index (χ0) is 31.0. The maximum absolute atomic E-state index is 14.1. The summed E-state index contributed by atoms with van der Waals surface area (Å²) in [6, 6.07) is 14.9. The van der Waals surface area contributed by atoms with Crippen LogP contribution in [0.1, 0.15) is 31.4 Å². The molecule has 1 atom stereocenters. The molecule has 0 radical (unpaired) electrons. The molecule has 2 amide bonds. The number of nitrogens with one attached hydrogen (secondary N) is 1. The van der Waals surface area contributed by atoms with E-state index in [1.54, 1.807) is 49.4 Å². The van der Waals surface area contributed by atoms with Crippen LogP contribution in [0.5, 0.6) is 11.5 Å². The fraction of sp³-hybridized carbons (Fsp3) is 0.333. The molecular formula is C30H35Cl2N3O6S. The van der Waals surface area contributed by atoms with Crippen LogP contribution in [0.3, 0.4) is 0 Å². The molecule has 3 aromatic rings. The molecule has 0 fully saturated rings. The number of carbonyl (C=O) groups is 2. The third-order valence-electron chi connectivity index (χ3n) is 6.65. The van der Waals surface area contributed by atoms with Crippen molar-refractivity contribution in [2.75, 3.05) is 31.6 Å². The van der Waals surface area contributed by atoms with Crippen molar-refractivity contribution in [2.24, 2.45) is 0 Å². The molecule has 0 heterocycles. The van der Waals surface area contributed by atoms with Gasteiger partial charge in [-0.25, -0.2) is 8.42 Å². The van der Waals surface area contributed by atoms with E-state index in [1.165, 1.54) is 37.3 Å². The largest absolute Gasteiger partial charge is 0.493 e. The Kier molecular flexibility index (Phi) is 11.5. The lowest BCUT2D eigenvalue weighted by Gasteiger charge is -2.32. The second-order valence-electron chi connectivity index (χ2n) is 9.55. The van der Waals surface area contributed by atoms with Crippen LogP contribution >= 0.6 is 23.2 Å². The molecule has 1 unspecified atom stereocenters. The van der Waals surface area contributed by atoms with Crippen molar-refractivity contribution in [3.63, 3.8) is 0 Å². The molecule has 226 valence electrons. The highest BCUT2D eigenvalue weighted by molar-refractivity contribution is 7.92. The first kappa shape index (κ1) is 33.0. The predicted octanol–water partition coefficient (Wildman–Crippen LogP) is 5.46. The van der Waals surface area contributed by atoms with E-state index in [4.69, 9.17) is 32.7 Å². The zero-order valence-electron chi connectivity index (χ0n) is 24.2. The fourth-order valence-electron chi connectivity index (χ4n) is 4.18. The second-order valence-corrected chi connectivity index (χ2v) is 12.2. The van der Waals surface area contributed by atoms with E-state index in [0.717, 1.165) is 9.87 Å². The van der Waals surface area contributed by atoms with Gasteiger partial charge >= 0.3 is 0 Å². The molecule has 0 spiro atoms. The number of nitrogens with zero attached hydrogens (tertiary/aromatic N) is 2. The van der Waals surface area contributed by atoms with Gasteiger partial charge in [0.05, 0.1) is 24.8 Å². The maximum Gasteiger partial charge on any atom is 0.264 e. The van der Waals surface area contributed by atoms with E-state index >= 15 is 0 Å². The van der Waals surface area contributed by atoms with E-state index in [1.807, 2.05) is 13.8 Å². The van der Waals surface area contributed by atoms with E-state index < -0.39 is 34.4 Å². The molecule has 12 heteroatoms. The number of rotatable bonds is 13. The number of sulfonamides is 1. The monoisotopic (exact) mass is 635 g/mol. The van der Waals surface area contributed by atoms with Gasteiger partial charge in [0.25, 0.3) is 10.0 Å². The van der Waals surface area contributed by atoms with Crippen LogP contribution in [0, 0.1) is 6.92 Å². The highest BCUT2D eigenvalue weighted by atomic mass is 35.5. The molecule has 0 aliphatic heterocycles. The summed E-state index contributed by atoms with van der Waals surface area (Å²) in [5, 5.41) is 3.43. The first-order valence-electron chi connectivity index (χ1n) is 13.3. The minimum absolute atomic E-state index is 0.108. The molecule has 0 aliphatic carbocycles.